The zero-order valence-corrected chi connectivity index (χ0v) is 19.2. The highest BCUT2D eigenvalue weighted by molar-refractivity contribution is 5.72. The Morgan fingerprint density at radius 3 is 2.12 bits per heavy atom. The van der Waals surface area contributed by atoms with Crippen LogP contribution < -0.4 is 4.74 Å². The fourth-order valence-corrected chi connectivity index (χ4v) is 5.76. The minimum Gasteiger partial charge on any atom is -0.457 e. The van der Waals surface area contributed by atoms with E-state index in [-0.39, 0.29) is 11.1 Å². The summed E-state index contributed by atoms with van der Waals surface area (Å²) in [5, 5.41) is 0. The van der Waals surface area contributed by atoms with Crippen molar-refractivity contribution in [1.82, 2.24) is 0 Å². The zero-order valence-electron chi connectivity index (χ0n) is 19.2. The summed E-state index contributed by atoms with van der Waals surface area (Å²) >= 11 is 0. The van der Waals surface area contributed by atoms with Crippen LogP contribution in [-0.4, -0.2) is 6.86 Å². The molecule has 1 atom stereocenters. The maximum Gasteiger partial charge on any atom is 0.228 e. The lowest BCUT2D eigenvalue weighted by molar-refractivity contribution is 0.176. The van der Waals surface area contributed by atoms with Gasteiger partial charge in [0.05, 0.1) is 0 Å². The topological polar surface area (TPSA) is 9.23 Å². The van der Waals surface area contributed by atoms with Crippen LogP contribution in [0.15, 0.2) is 36.4 Å². The highest BCUT2D eigenvalue weighted by Gasteiger charge is 2.28. The molecule has 2 aliphatic rings. The smallest absolute Gasteiger partial charge is 0.228 e. The van der Waals surface area contributed by atoms with Gasteiger partial charge in [-0.3, -0.25) is 0 Å². The normalized spacial score (nSPS) is 23.3. The molecule has 1 saturated carbocycles. The largest absolute Gasteiger partial charge is 0.457 e. The van der Waals surface area contributed by atoms with E-state index in [1.54, 1.807) is 6.07 Å². The van der Waals surface area contributed by atoms with Gasteiger partial charge in [-0.2, -0.15) is 0 Å². The first kappa shape index (κ1) is 23.8. The summed E-state index contributed by atoms with van der Waals surface area (Å²) in [5.74, 6) is -1.01. The van der Waals surface area contributed by atoms with Crippen molar-refractivity contribution in [3.05, 3.63) is 59.4 Å². The third-order valence-corrected chi connectivity index (χ3v) is 7.55. The standard InChI is InChI=1S/C28H32F4O/c1-2-3-18-4-6-19(7-5-18)20-8-10-21(11-9-20)22-12-13-24(25(30)14-22)23-15-26(31)28(33-17-29)27(32)16-23/h10,12-16,18-20H,2-9,11,17H2,1H3. The Hall–Kier alpha value is -2.30. The molecule has 1 fully saturated rings. The minimum absolute atomic E-state index is 0.0524. The minimum atomic E-state index is -1.34. The molecule has 0 aliphatic heterocycles. The number of hydrogen-bond acceptors (Lipinski definition) is 1. The average molecular weight is 461 g/mol. The van der Waals surface area contributed by atoms with Gasteiger partial charge in [0, 0.05) is 5.56 Å². The van der Waals surface area contributed by atoms with Gasteiger partial charge in [0.2, 0.25) is 6.86 Å². The van der Waals surface area contributed by atoms with Crippen molar-refractivity contribution < 1.29 is 22.3 Å². The van der Waals surface area contributed by atoms with Crippen molar-refractivity contribution in [1.29, 1.82) is 0 Å². The Labute approximate surface area is 193 Å². The van der Waals surface area contributed by atoms with Crippen LogP contribution in [-0.2, 0) is 0 Å². The van der Waals surface area contributed by atoms with E-state index in [4.69, 9.17) is 0 Å². The van der Waals surface area contributed by atoms with Gasteiger partial charge >= 0.3 is 0 Å². The van der Waals surface area contributed by atoms with E-state index in [2.05, 4.69) is 17.7 Å². The van der Waals surface area contributed by atoms with E-state index >= 15 is 0 Å². The molecular formula is C28H32F4O. The van der Waals surface area contributed by atoms with Crippen LogP contribution in [0.4, 0.5) is 17.6 Å². The lowest BCUT2D eigenvalue weighted by atomic mass is 9.70. The number of hydrogen-bond donors (Lipinski definition) is 0. The number of ether oxygens (including phenoxy) is 1. The second-order valence-corrected chi connectivity index (χ2v) is 9.55. The molecular weight excluding hydrogens is 428 g/mol. The molecule has 0 spiro atoms. The van der Waals surface area contributed by atoms with Crippen molar-refractivity contribution >= 4 is 5.57 Å². The fourth-order valence-electron chi connectivity index (χ4n) is 5.76. The molecule has 0 bridgehead atoms. The van der Waals surface area contributed by atoms with E-state index in [1.165, 1.54) is 44.6 Å². The number of alkyl halides is 1. The molecule has 1 nitrogen and oxygen atoms in total. The van der Waals surface area contributed by atoms with Crippen molar-refractivity contribution in [2.45, 2.75) is 64.7 Å². The average Bonchev–Trinajstić information content (AvgIpc) is 2.82. The number of benzene rings is 2. The molecule has 0 aromatic heterocycles. The first-order valence-electron chi connectivity index (χ1n) is 12.2. The highest BCUT2D eigenvalue weighted by Crippen LogP contribution is 2.42. The third-order valence-electron chi connectivity index (χ3n) is 7.55. The number of rotatable bonds is 7. The van der Waals surface area contributed by atoms with Gasteiger partial charge in [-0.25, -0.2) is 17.6 Å². The lowest BCUT2D eigenvalue weighted by Crippen LogP contribution is -2.23. The summed E-state index contributed by atoms with van der Waals surface area (Å²) in [6.07, 6.45) is 13.4. The monoisotopic (exact) mass is 460 g/mol. The summed E-state index contributed by atoms with van der Waals surface area (Å²) in [6.45, 7) is 0.928. The van der Waals surface area contributed by atoms with Crippen LogP contribution in [0.2, 0.25) is 0 Å². The summed E-state index contributed by atoms with van der Waals surface area (Å²) in [6, 6.07) is 6.73. The van der Waals surface area contributed by atoms with Crippen LogP contribution in [0.25, 0.3) is 16.7 Å². The second-order valence-electron chi connectivity index (χ2n) is 9.55. The maximum atomic E-state index is 14.9. The Morgan fingerprint density at radius 2 is 1.55 bits per heavy atom. The first-order valence-corrected chi connectivity index (χ1v) is 12.2. The van der Waals surface area contributed by atoms with Gasteiger partial charge in [0.25, 0.3) is 0 Å². The summed E-state index contributed by atoms with van der Waals surface area (Å²) in [7, 11) is 0. The van der Waals surface area contributed by atoms with Crippen molar-refractivity contribution in [2.24, 2.45) is 17.8 Å². The molecule has 5 heteroatoms. The molecule has 0 radical (unpaired) electrons. The van der Waals surface area contributed by atoms with Crippen LogP contribution in [0.1, 0.15) is 70.3 Å². The molecule has 4 rings (SSSR count). The van der Waals surface area contributed by atoms with Crippen LogP contribution in [0.5, 0.6) is 5.75 Å². The Bertz CT molecular complexity index is 968. The van der Waals surface area contributed by atoms with E-state index in [9.17, 15) is 17.6 Å². The Kier molecular flexibility index (Phi) is 7.77. The van der Waals surface area contributed by atoms with Gasteiger partial charge in [0.1, 0.15) is 5.82 Å². The summed E-state index contributed by atoms with van der Waals surface area (Å²) in [5.41, 5.74) is 2.11. The van der Waals surface area contributed by atoms with Crippen LogP contribution >= 0.6 is 0 Å². The van der Waals surface area contributed by atoms with Gasteiger partial charge in [0.15, 0.2) is 17.4 Å². The third kappa shape index (κ3) is 5.44. The molecule has 0 amide bonds. The Morgan fingerprint density at radius 1 is 0.848 bits per heavy atom. The highest BCUT2D eigenvalue weighted by atomic mass is 19.1. The Balaban J connectivity index is 1.44. The quantitative estimate of drug-likeness (QED) is 0.375. The molecule has 0 saturated heterocycles. The van der Waals surface area contributed by atoms with E-state index in [0.717, 1.165) is 60.3 Å². The lowest BCUT2D eigenvalue weighted by Gasteiger charge is -2.35. The zero-order chi connectivity index (χ0) is 23.4. The molecule has 33 heavy (non-hydrogen) atoms. The van der Waals surface area contributed by atoms with Gasteiger partial charge in [-0.05, 0) is 84.8 Å². The van der Waals surface area contributed by atoms with E-state index in [0.29, 0.717) is 0 Å². The molecule has 1 unspecified atom stereocenters. The van der Waals surface area contributed by atoms with E-state index < -0.39 is 30.1 Å². The SMILES string of the molecule is CCCC1CCC(C2CC=C(c3ccc(-c4cc(F)c(OCF)c(F)c4)c(F)c3)CC2)CC1. The number of halogens is 4. The molecule has 0 heterocycles. The fraction of sp³-hybridized carbons (Fsp3) is 0.500. The predicted molar refractivity (Wildman–Crippen MR) is 124 cm³/mol. The number of allylic oxidation sites excluding steroid dienone is 2. The van der Waals surface area contributed by atoms with Gasteiger partial charge in [-0.15, -0.1) is 0 Å². The predicted octanol–water partition coefficient (Wildman–Crippen LogP) is 8.87. The second kappa shape index (κ2) is 10.8. The van der Waals surface area contributed by atoms with Crippen LogP contribution in [0, 0.1) is 35.2 Å². The van der Waals surface area contributed by atoms with Gasteiger partial charge < -0.3 is 4.74 Å². The van der Waals surface area contributed by atoms with Crippen molar-refractivity contribution in [3.8, 4) is 16.9 Å². The van der Waals surface area contributed by atoms with Crippen LogP contribution in [0.3, 0.4) is 0 Å². The van der Waals surface area contributed by atoms with Crippen molar-refractivity contribution in [2.75, 3.05) is 6.86 Å². The molecule has 2 aliphatic carbocycles. The van der Waals surface area contributed by atoms with Gasteiger partial charge in [-0.1, -0.05) is 50.8 Å². The first-order chi connectivity index (χ1) is 16.0. The molecule has 2 aromatic carbocycles. The summed E-state index contributed by atoms with van der Waals surface area (Å²) < 4.78 is 59.7. The molecule has 2 aromatic rings. The molecule has 178 valence electrons. The summed E-state index contributed by atoms with van der Waals surface area (Å²) in [4.78, 5) is 0. The van der Waals surface area contributed by atoms with E-state index in [1.807, 2.05) is 6.07 Å². The van der Waals surface area contributed by atoms with Crippen molar-refractivity contribution in [3.63, 3.8) is 0 Å². The maximum absolute atomic E-state index is 14.9. The molecule has 0 N–H and O–H groups in total.